The average molecular weight is 464 g/mol. The van der Waals surface area contributed by atoms with Crippen LogP contribution in [0.2, 0.25) is 0 Å². The highest BCUT2D eigenvalue weighted by Crippen LogP contribution is 2.21. The van der Waals surface area contributed by atoms with Gasteiger partial charge in [0.15, 0.2) is 0 Å². The summed E-state index contributed by atoms with van der Waals surface area (Å²) in [5, 5.41) is 4.26. The lowest BCUT2D eigenvalue weighted by atomic mass is 10.1. The van der Waals surface area contributed by atoms with Gasteiger partial charge in [-0.15, -0.1) is 0 Å². The number of carbonyl (C=O) groups is 1. The molecule has 2 N–H and O–H groups in total. The van der Waals surface area contributed by atoms with Crippen LogP contribution in [-0.2, 0) is 16.1 Å². The first kappa shape index (κ1) is 24.9. The van der Waals surface area contributed by atoms with Crippen molar-refractivity contribution in [3.63, 3.8) is 0 Å². The van der Waals surface area contributed by atoms with E-state index < -0.39 is 0 Å². The maximum atomic E-state index is 12.9. The van der Waals surface area contributed by atoms with E-state index in [1.165, 1.54) is 0 Å². The molecular formula is C27H33N3O4. The summed E-state index contributed by atoms with van der Waals surface area (Å²) in [4.78, 5) is 29.4. The number of benzene rings is 2. The summed E-state index contributed by atoms with van der Waals surface area (Å²) in [6.45, 7) is 13.4. The van der Waals surface area contributed by atoms with E-state index in [0.29, 0.717) is 37.5 Å². The molecule has 0 aliphatic rings. The number of fused-ring (bicyclic) bond motifs is 1. The number of H-pyrrole nitrogens is 1. The van der Waals surface area contributed by atoms with Crippen LogP contribution in [0.15, 0.2) is 59.7 Å². The van der Waals surface area contributed by atoms with Crippen molar-refractivity contribution in [2.24, 2.45) is 0 Å². The topological polar surface area (TPSA) is 83.7 Å². The number of hydrogen-bond donors (Lipinski definition) is 2. The summed E-state index contributed by atoms with van der Waals surface area (Å²) < 4.78 is 10.8. The Labute approximate surface area is 200 Å². The van der Waals surface area contributed by atoms with Crippen molar-refractivity contribution in [1.82, 2.24) is 9.88 Å². The fraction of sp³-hybridized carbons (Fsp3) is 0.333. The zero-order valence-corrected chi connectivity index (χ0v) is 20.4. The van der Waals surface area contributed by atoms with E-state index >= 15 is 0 Å². The smallest absolute Gasteiger partial charge is 0.305 e. The SMILES string of the molecule is C=C(Nc1ccc(OCC)cc1)N(CCOC(=O)CC)Cc1cc2cc(C)cc(C)c2[nH]c1=O. The molecular weight excluding hydrogens is 430 g/mol. The van der Waals surface area contributed by atoms with Crippen LogP contribution in [-0.4, -0.2) is 35.6 Å². The molecule has 0 saturated heterocycles. The molecule has 34 heavy (non-hydrogen) atoms. The summed E-state index contributed by atoms with van der Waals surface area (Å²) in [6, 6.07) is 13.6. The van der Waals surface area contributed by atoms with Crippen molar-refractivity contribution in [1.29, 1.82) is 0 Å². The monoisotopic (exact) mass is 463 g/mol. The molecule has 0 radical (unpaired) electrons. The quantitative estimate of drug-likeness (QED) is 0.394. The molecule has 0 atom stereocenters. The first-order valence-corrected chi connectivity index (χ1v) is 11.5. The van der Waals surface area contributed by atoms with Crippen LogP contribution in [0.4, 0.5) is 5.69 Å². The molecule has 7 nitrogen and oxygen atoms in total. The average Bonchev–Trinajstić information content (AvgIpc) is 2.80. The van der Waals surface area contributed by atoms with Gasteiger partial charge in [-0.25, -0.2) is 0 Å². The van der Waals surface area contributed by atoms with Crippen LogP contribution >= 0.6 is 0 Å². The Balaban J connectivity index is 1.83. The van der Waals surface area contributed by atoms with Gasteiger partial charge in [-0.2, -0.15) is 0 Å². The minimum Gasteiger partial charge on any atom is -0.494 e. The molecule has 0 aliphatic heterocycles. The molecule has 1 heterocycles. The van der Waals surface area contributed by atoms with Crippen molar-refractivity contribution >= 4 is 22.6 Å². The van der Waals surface area contributed by atoms with Crippen LogP contribution in [0, 0.1) is 13.8 Å². The maximum absolute atomic E-state index is 12.9. The number of pyridine rings is 1. The van der Waals surface area contributed by atoms with E-state index in [1.807, 2.05) is 56.0 Å². The third kappa shape index (κ3) is 6.41. The highest BCUT2D eigenvalue weighted by atomic mass is 16.5. The summed E-state index contributed by atoms with van der Waals surface area (Å²) in [5.41, 5.74) is 4.30. The molecule has 180 valence electrons. The summed E-state index contributed by atoms with van der Waals surface area (Å²) in [6.07, 6.45) is 0.314. The predicted molar refractivity (Wildman–Crippen MR) is 136 cm³/mol. The summed E-state index contributed by atoms with van der Waals surface area (Å²) in [5.74, 6) is 1.12. The lowest BCUT2D eigenvalue weighted by Gasteiger charge is -2.27. The first-order valence-electron chi connectivity index (χ1n) is 11.5. The molecule has 1 aromatic heterocycles. The van der Waals surface area contributed by atoms with E-state index in [9.17, 15) is 9.59 Å². The van der Waals surface area contributed by atoms with Gasteiger partial charge >= 0.3 is 5.97 Å². The minimum atomic E-state index is -0.264. The molecule has 0 aliphatic carbocycles. The number of rotatable bonds is 11. The Morgan fingerprint density at radius 2 is 1.85 bits per heavy atom. The highest BCUT2D eigenvalue weighted by Gasteiger charge is 2.14. The van der Waals surface area contributed by atoms with Crippen molar-refractivity contribution in [3.05, 3.63) is 81.9 Å². The lowest BCUT2D eigenvalue weighted by Crippen LogP contribution is -2.32. The second-order valence-electron chi connectivity index (χ2n) is 8.19. The van der Waals surface area contributed by atoms with Gasteiger partial charge in [-0.1, -0.05) is 25.1 Å². The first-order chi connectivity index (χ1) is 16.3. The van der Waals surface area contributed by atoms with Gasteiger partial charge in [0.25, 0.3) is 5.56 Å². The predicted octanol–water partition coefficient (Wildman–Crippen LogP) is 4.88. The molecule has 0 unspecified atom stereocenters. The van der Waals surface area contributed by atoms with Crippen molar-refractivity contribution in [3.8, 4) is 5.75 Å². The zero-order chi connectivity index (χ0) is 24.7. The number of carbonyl (C=O) groups excluding carboxylic acids is 1. The Hall–Kier alpha value is -3.74. The van der Waals surface area contributed by atoms with Gasteiger partial charge in [0.2, 0.25) is 0 Å². The Morgan fingerprint density at radius 3 is 2.53 bits per heavy atom. The van der Waals surface area contributed by atoms with E-state index in [-0.39, 0.29) is 18.1 Å². The molecule has 3 rings (SSSR count). The van der Waals surface area contributed by atoms with Crippen LogP contribution in [0.5, 0.6) is 5.75 Å². The number of anilines is 1. The van der Waals surface area contributed by atoms with Gasteiger partial charge < -0.3 is 24.7 Å². The molecule has 0 spiro atoms. The molecule has 0 bridgehead atoms. The van der Waals surface area contributed by atoms with Crippen molar-refractivity contribution in [2.45, 2.75) is 40.7 Å². The standard InChI is InChI=1S/C27H33N3O4/c1-6-25(31)34-13-12-30(20(5)28-23-8-10-24(11-9-23)33-7-2)17-22-16-21-15-18(3)14-19(4)26(21)29-27(22)32/h8-11,14-16,28H,5-7,12-13,17H2,1-4H3,(H,29,32). The number of aryl methyl sites for hydroxylation is 2. The number of ether oxygens (including phenoxy) is 2. The zero-order valence-electron chi connectivity index (χ0n) is 20.4. The van der Waals surface area contributed by atoms with Crippen LogP contribution < -0.4 is 15.6 Å². The van der Waals surface area contributed by atoms with Crippen LogP contribution in [0.1, 0.15) is 37.0 Å². The van der Waals surface area contributed by atoms with Gasteiger partial charge in [0.1, 0.15) is 12.4 Å². The largest absolute Gasteiger partial charge is 0.494 e. The molecule has 0 amide bonds. The van der Waals surface area contributed by atoms with Crippen LogP contribution in [0.25, 0.3) is 10.9 Å². The fourth-order valence-electron chi connectivity index (χ4n) is 3.78. The summed E-state index contributed by atoms with van der Waals surface area (Å²) in [7, 11) is 0. The number of esters is 1. The minimum absolute atomic E-state index is 0.149. The molecule has 0 fully saturated rings. The second-order valence-corrected chi connectivity index (χ2v) is 8.19. The highest BCUT2D eigenvalue weighted by molar-refractivity contribution is 5.82. The molecule has 2 aromatic carbocycles. The lowest BCUT2D eigenvalue weighted by molar-refractivity contribution is -0.143. The number of nitrogens with one attached hydrogen (secondary N) is 2. The maximum Gasteiger partial charge on any atom is 0.305 e. The van der Waals surface area contributed by atoms with Crippen molar-refractivity contribution in [2.75, 3.05) is 25.1 Å². The normalized spacial score (nSPS) is 10.7. The van der Waals surface area contributed by atoms with Gasteiger partial charge in [-0.3, -0.25) is 9.59 Å². The van der Waals surface area contributed by atoms with E-state index in [0.717, 1.165) is 33.5 Å². The van der Waals surface area contributed by atoms with E-state index in [4.69, 9.17) is 9.47 Å². The Morgan fingerprint density at radius 1 is 1.12 bits per heavy atom. The Bertz CT molecular complexity index is 1220. The third-order valence-electron chi connectivity index (χ3n) is 5.48. The van der Waals surface area contributed by atoms with Gasteiger partial charge in [-0.05, 0) is 68.1 Å². The molecule has 3 aromatic rings. The fourth-order valence-corrected chi connectivity index (χ4v) is 3.78. The van der Waals surface area contributed by atoms with E-state index in [1.54, 1.807) is 6.92 Å². The van der Waals surface area contributed by atoms with Crippen LogP contribution in [0.3, 0.4) is 0 Å². The number of aromatic amines is 1. The van der Waals surface area contributed by atoms with E-state index in [2.05, 4.69) is 29.0 Å². The number of hydrogen-bond acceptors (Lipinski definition) is 6. The van der Waals surface area contributed by atoms with Crippen molar-refractivity contribution < 1.29 is 14.3 Å². The van der Waals surface area contributed by atoms with Gasteiger partial charge in [0, 0.05) is 24.2 Å². The number of aromatic nitrogens is 1. The van der Waals surface area contributed by atoms with Gasteiger partial charge in [0.05, 0.1) is 24.5 Å². The molecule has 0 saturated carbocycles. The second kappa shape index (κ2) is 11.4. The molecule has 7 heteroatoms. The Kier molecular flexibility index (Phi) is 8.35. The third-order valence-corrected chi connectivity index (χ3v) is 5.48. The number of nitrogens with zero attached hydrogens (tertiary/aromatic N) is 1. The summed E-state index contributed by atoms with van der Waals surface area (Å²) >= 11 is 0.